The minimum absolute atomic E-state index is 0.245. The van der Waals surface area contributed by atoms with Crippen molar-refractivity contribution in [2.24, 2.45) is 0 Å². The second-order valence-corrected chi connectivity index (χ2v) is 6.46. The predicted octanol–water partition coefficient (Wildman–Crippen LogP) is 2.02. The molecule has 0 saturated carbocycles. The second kappa shape index (κ2) is 6.14. The van der Waals surface area contributed by atoms with E-state index < -0.39 is 0 Å². The predicted molar refractivity (Wildman–Crippen MR) is 85.2 cm³/mol. The molecule has 4 heterocycles. The summed E-state index contributed by atoms with van der Waals surface area (Å²) in [6, 6.07) is 1.50. The molecule has 1 fully saturated rings. The van der Waals surface area contributed by atoms with Gasteiger partial charge in [-0.15, -0.1) is 0 Å². The topological polar surface area (TPSA) is 63.3 Å². The number of aromatic amines is 1. The summed E-state index contributed by atoms with van der Waals surface area (Å²) in [5.41, 5.74) is 2.94. The monoisotopic (exact) mass is 332 g/mol. The van der Waals surface area contributed by atoms with Gasteiger partial charge in [-0.05, 0) is 30.9 Å². The van der Waals surface area contributed by atoms with E-state index in [0.717, 1.165) is 50.2 Å². The van der Waals surface area contributed by atoms with Gasteiger partial charge in [0.1, 0.15) is 11.4 Å². The highest BCUT2D eigenvalue weighted by molar-refractivity contribution is 5.28. The lowest BCUT2D eigenvalue weighted by Gasteiger charge is -2.43. The molecule has 2 aliphatic heterocycles. The van der Waals surface area contributed by atoms with Gasteiger partial charge in [0.15, 0.2) is 0 Å². The Balaban J connectivity index is 1.47. The quantitative estimate of drug-likeness (QED) is 0.932. The molecule has 2 aromatic heterocycles. The lowest BCUT2D eigenvalue weighted by molar-refractivity contribution is -0.102. The van der Waals surface area contributed by atoms with Gasteiger partial charge < -0.3 is 9.47 Å². The van der Waals surface area contributed by atoms with Gasteiger partial charge in [0.05, 0.1) is 31.8 Å². The van der Waals surface area contributed by atoms with Crippen molar-refractivity contribution in [3.8, 4) is 5.88 Å². The average molecular weight is 332 g/mol. The van der Waals surface area contributed by atoms with Crippen LogP contribution in [0.25, 0.3) is 0 Å². The molecule has 0 aromatic carbocycles. The number of fused-ring (bicyclic) bond motifs is 2. The fraction of sp³-hybridized carbons (Fsp3) is 0.529. The van der Waals surface area contributed by atoms with Crippen molar-refractivity contribution in [2.45, 2.75) is 31.4 Å². The molecule has 7 heteroatoms. The van der Waals surface area contributed by atoms with Gasteiger partial charge in [-0.25, -0.2) is 9.37 Å². The van der Waals surface area contributed by atoms with E-state index in [4.69, 9.17) is 9.47 Å². The lowest BCUT2D eigenvalue weighted by Crippen LogP contribution is -2.46. The summed E-state index contributed by atoms with van der Waals surface area (Å²) in [4.78, 5) is 6.30. The normalized spacial score (nSPS) is 20.1. The molecule has 1 spiro atoms. The summed E-state index contributed by atoms with van der Waals surface area (Å²) in [5, 5.41) is 7.32. The molecule has 0 unspecified atom stereocenters. The Hall–Kier alpha value is -1.99. The highest BCUT2D eigenvalue weighted by atomic mass is 19.1. The molecule has 0 aliphatic carbocycles. The van der Waals surface area contributed by atoms with E-state index in [9.17, 15) is 4.39 Å². The maximum atomic E-state index is 13.5. The summed E-state index contributed by atoms with van der Waals surface area (Å²) in [7, 11) is 1.56. The van der Waals surface area contributed by atoms with Crippen molar-refractivity contribution in [3.63, 3.8) is 0 Å². The molecule has 0 radical (unpaired) electrons. The number of hydrogen-bond donors (Lipinski definition) is 1. The Morgan fingerprint density at radius 2 is 2.21 bits per heavy atom. The van der Waals surface area contributed by atoms with E-state index in [1.54, 1.807) is 7.11 Å². The molecule has 2 aliphatic rings. The van der Waals surface area contributed by atoms with Crippen LogP contribution in [0.15, 0.2) is 18.5 Å². The fourth-order valence-corrected chi connectivity index (χ4v) is 3.80. The number of pyridine rings is 1. The van der Waals surface area contributed by atoms with Crippen molar-refractivity contribution >= 4 is 0 Å². The molecule has 128 valence electrons. The second-order valence-electron chi connectivity index (χ2n) is 6.46. The number of hydrogen-bond acceptors (Lipinski definition) is 5. The zero-order valence-corrected chi connectivity index (χ0v) is 13.7. The first-order chi connectivity index (χ1) is 11.7. The van der Waals surface area contributed by atoms with Crippen LogP contribution in [0.3, 0.4) is 0 Å². The van der Waals surface area contributed by atoms with Crippen LogP contribution in [0, 0.1) is 5.82 Å². The molecular weight excluding hydrogens is 311 g/mol. The number of nitrogens with one attached hydrogen (secondary N) is 1. The summed E-state index contributed by atoms with van der Waals surface area (Å²) in [6.45, 7) is 3.12. The van der Waals surface area contributed by atoms with Crippen LogP contribution in [0.2, 0.25) is 0 Å². The zero-order chi connectivity index (χ0) is 16.6. The Labute approximate surface area is 140 Å². The molecule has 4 rings (SSSR count). The first kappa shape index (κ1) is 15.5. The van der Waals surface area contributed by atoms with Crippen LogP contribution in [-0.2, 0) is 23.3 Å². The van der Waals surface area contributed by atoms with E-state index in [2.05, 4.69) is 20.1 Å². The third-order valence-electron chi connectivity index (χ3n) is 5.07. The van der Waals surface area contributed by atoms with Crippen molar-refractivity contribution in [1.82, 2.24) is 20.1 Å². The first-order valence-corrected chi connectivity index (χ1v) is 8.28. The van der Waals surface area contributed by atoms with E-state index in [-0.39, 0.29) is 11.4 Å². The molecule has 1 N–H and O–H groups in total. The number of halogens is 1. The van der Waals surface area contributed by atoms with Crippen molar-refractivity contribution in [3.05, 3.63) is 41.1 Å². The summed E-state index contributed by atoms with van der Waals surface area (Å²) in [6.07, 6.45) is 5.81. The molecule has 0 amide bonds. The maximum Gasteiger partial charge on any atom is 0.217 e. The van der Waals surface area contributed by atoms with E-state index in [1.165, 1.54) is 17.8 Å². The first-order valence-electron chi connectivity index (χ1n) is 8.28. The van der Waals surface area contributed by atoms with E-state index in [0.29, 0.717) is 12.4 Å². The SMILES string of the molecule is COc1ncc(F)cc1CN1CCC2(CC1)OCCc1cn[nH]c12. The van der Waals surface area contributed by atoms with Crippen LogP contribution < -0.4 is 4.74 Å². The Morgan fingerprint density at radius 1 is 1.38 bits per heavy atom. The molecule has 6 nitrogen and oxygen atoms in total. The van der Waals surface area contributed by atoms with Crippen LogP contribution in [0.1, 0.15) is 29.7 Å². The van der Waals surface area contributed by atoms with Crippen molar-refractivity contribution in [2.75, 3.05) is 26.8 Å². The minimum atomic E-state index is -0.336. The number of ether oxygens (including phenoxy) is 2. The van der Waals surface area contributed by atoms with Gasteiger partial charge in [0.25, 0.3) is 0 Å². The maximum absolute atomic E-state index is 13.5. The van der Waals surface area contributed by atoms with Gasteiger partial charge in [0, 0.05) is 25.2 Å². The van der Waals surface area contributed by atoms with Gasteiger partial charge in [-0.1, -0.05) is 0 Å². The Bertz CT molecular complexity index is 725. The molecule has 2 aromatic rings. The zero-order valence-electron chi connectivity index (χ0n) is 13.7. The van der Waals surface area contributed by atoms with Crippen LogP contribution in [0.5, 0.6) is 5.88 Å². The summed E-state index contributed by atoms with van der Waals surface area (Å²) >= 11 is 0. The third kappa shape index (κ3) is 2.67. The van der Waals surface area contributed by atoms with Gasteiger partial charge in [-0.3, -0.25) is 10.00 Å². The standard InChI is InChI=1S/C17H21FN4O2/c1-23-16-13(8-14(18)10-19-16)11-22-5-3-17(4-6-22)15-12(2-7-24-17)9-20-21-15/h8-10H,2-7,11H2,1H3,(H,20,21). The van der Waals surface area contributed by atoms with Crippen LogP contribution in [-0.4, -0.2) is 46.9 Å². The van der Waals surface area contributed by atoms with E-state index >= 15 is 0 Å². The van der Waals surface area contributed by atoms with Crippen LogP contribution in [0.4, 0.5) is 4.39 Å². The smallest absolute Gasteiger partial charge is 0.217 e. The largest absolute Gasteiger partial charge is 0.481 e. The van der Waals surface area contributed by atoms with Crippen LogP contribution >= 0.6 is 0 Å². The summed E-state index contributed by atoms with van der Waals surface area (Å²) < 4.78 is 24.9. The molecular formula is C17H21FN4O2. The van der Waals surface area contributed by atoms with Gasteiger partial charge in [0.2, 0.25) is 5.88 Å². The lowest BCUT2D eigenvalue weighted by atomic mass is 9.83. The number of nitrogens with zero attached hydrogens (tertiary/aromatic N) is 3. The third-order valence-corrected chi connectivity index (χ3v) is 5.07. The number of aromatic nitrogens is 3. The number of methoxy groups -OCH3 is 1. The highest BCUT2D eigenvalue weighted by Crippen LogP contribution is 2.40. The average Bonchev–Trinajstić information content (AvgIpc) is 3.08. The number of H-pyrrole nitrogens is 1. The number of piperidine rings is 1. The van der Waals surface area contributed by atoms with Gasteiger partial charge in [-0.2, -0.15) is 5.10 Å². The fourth-order valence-electron chi connectivity index (χ4n) is 3.80. The summed E-state index contributed by atoms with van der Waals surface area (Å²) in [5.74, 6) is 0.151. The molecule has 1 saturated heterocycles. The minimum Gasteiger partial charge on any atom is -0.481 e. The number of likely N-dealkylation sites (tertiary alicyclic amines) is 1. The number of rotatable bonds is 3. The molecule has 24 heavy (non-hydrogen) atoms. The van der Waals surface area contributed by atoms with Crippen molar-refractivity contribution < 1.29 is 13.9 Å². The molecule has 0 atom stereocenters. The van der Waals surface area contributed by atoms with Crippen molar-refractivity contribution in [1.29, 1.82) is 0 Å². The Kier molecular flexibility index (Phi) is 3.97. The highest BCUT2D eigenvalue weighted by Gasteiger charge is 2.42. The Morgan fingerprint density at radius 3 is 3.00 bits per heavy atom. The van der Waals surface area contributed by atoms with Gasteiger partial charge >= 0.3 is 0 Å². The molecule has 0 bridgehead atoms. The van der Waals surface area contributed by atoms with E-state index in [1.807, 2.05) is 6.20 Å².